The summed E-state index contributed by atoms with van der Waals surface area (Å²) in [5.41, 5.74) is -2.62. The lowest BCUT2D eigenvalue weighted by Gasteiger charge is -2.19. The van der Waals surface area contributed by atoms with Crippen molar-refractivity contribution in [3.05, 3.63) is 78.4 Å². The Bertz CT molecular complexity index is 1440. The van der Waals surface area contributed by atoms with Gasteiger partial charge in [0.25, 0.3) is 0 Å². The summed E-state index contributed by atoms with van der Waals surface area (Å²) < 4.78 is 71.3. The molecule has 0 heterocycles. The zero-order chi connectivity index (χ0) is 29.3. The zero-order valence-electron chi connectivity index (χ0n) is 21.1. The highest BCUT2D eigenvalue weighted by Crippen LogP contribution is 2.32. The summed E-state index contributed by atoms with van der Waals surface area (Å²) in [6.45, 7) is -0.200. The van der Waals surface area contributed by atoms with Crippen molar-refractivity contribution in [1.82, 2.24) is 10.0 Å². The van der Waals surface area contributed by atoms with E-state index in [0.717, 1.165) is 0 Å². The summed E-state index contributed by atoms with van der Waals surface area (Å²) >= 11 is -0.243. The van der Waals surface area contributed by atoms with E-state index in [9.17, 15) is 36.3 Å². The average Bonchev–Trinajstić information content (AvgIpc) is 2.90. The molecule has 0 saturated carbocycles. The topological polar surface area (TPSA) is 134 Å². The number of anilines is 1. The molecule has 9 nitrogen and oxygen atoms in total. The van der Waals surface area contributed by atoms with E-state index < -0.39 is 40.0 Å². The van der Waals surface area contributed by atoms with Crippen molar-refractivity contribution < 1.29 is 41.0 Å². The van der Waals surface area contributed by atoms with Gasteiger partial charge in [-0.2, -0.15) is 13.2 Å². The highest BCUT2D eigenvalue weighted by Gasteiger charge is 2.28. The van der Waals surface area contributed by atoms with Gasteiger partial charge in [0.2, 0.25) is 10.0 Å². The highest BCUT2D eigenvalue weighted by molar-refractivity contribution is 8.00. The smallest absolute Gasteiger partial charge is 0.441 e. The van der Waals surface area contributed by atoms with Crippen LogP contribution in [0, 0.1) is 0 Å². The van der Waals surface area contributed by atoms with Crippen molar-refractivity contribution in [1.29, 1.82) is 0 Å². The van der Waals surface area contributed by atoms with Gasteiger partial charge in [-0.05, 0) is 52.7 Å². The number of ether oxygens (including phenoxy) is 1. The van der Waals surface area contributed by atoms with Gasteiger partial charge in [0.15, 0.2) is 0 Å². The number of methoxy groups -OCH3 is 1. The second kappa shape index (κ2) is 13.5. The van der Waals surface area contributed by atoms with Crippen molar-refractivity contribution >= 4 is 39.5 Å². The van der Waals surface area contributed by atoms with Crippen LogP contribution >= 0.6 is 11.8 Å². The number of carboxylic acids is 1. The number of sulfonamides is 1. The van der Waals surface area contributed by atoms with Crippen LogP contribution in [0.15, 0.2) is 77.7 Å². The van der Waals surface area contributed by atoms with Crippen LogP contribution in [-0.4, -0.2) is 50.4 Å². The lowest BCUT2D eigenvalue weighted by molar-refractivity contribution is -0.137. The van der Waals surface area contributed by atoms with Crippen molar-refractivity contribution in [2.24, 2.45) is 0 Å². The number of halogens is 3. The molecule has 3 aromatic rings. The largest absolute Gasteiger partial charge is 0.495 e. The summed E-state index contributed by atoms with van der Waals surface area (Å²) in [6.07, 6.45) is -0.490. The molecular formula is C26H26F3N3O6S2. The van der Waals surface area contributed by atoms with Gasteiger partial charge in [0, 0.05) is 18.0 Å². The minimum absolute atomic E-state index is 0.0313. The summed E-state index contributed by atoms with van der Waals surface area (Å²) in [7, 11) is -2.98. The molecule has 0 fully saturated rings. The number of hydrogen-bond acceptors (Lipinski definition) is 6. The number of hydrogen-bond donors (Lipinski definition) is 4. The number of urea groups is 1. The first kappa shape index (κ1) is 30.8. The Labute approximate surface area is 233 Å². The second-order valence-electron chi connectivity index (χ2n) is 8.30. The Morgan fingerprint density at radius 2 is 1.70 bits per heavy atom. The third kappa shape index (κ3) is 9.17. The Hall–Kier alpha value is -3.75. The average molecular weight is 598 g/mol. The molecule has 1 atom stereocenters. The fraction of sp³-hybridized carbons (Fsp3) is 0.231. The normalized spacial score (nSPS) is 12.4. The Kier molecular flexibility index (Phi) is 10.4. The molecule has 1 unspecified atom stereocenters. The highest BCUT2D eigenvalue weighted by atomic mass is 32.2. The molecule has 3 aromatic carbocycles. The van der Waals surface area contributed by atoms with E-state index >= 15 is 0 Å². The molecule has 0 spiro atoms. The maximum absolute atomic E-state index is 13.4. The van der Waals surface area contributed by atoms with Crippen LogP contribution in [0.25, 0.3) is 11.1 Å². The maximum Gasteiger partial charge on any atom is 0.441 e. The fourth-order valence-electron chi connectivity index (χ4n) is 3.69. The molecule has 0 aliphatic rings. The van der Waals surface area contributed by atoms with Crippen molar-refractivity contribution in [2.45, 2.75) is 22.9 Å². The number of aliphatic carboxylic acids is 1. The van der Waals surface area contributed by atoms with Gasteiger partial charge in [0.05, 0.1) is 19.6 Å². The lowest BCUT2D eigenvalue weighted by Crippen LogP contribution is -2.31. The molecule has 4 N–H and O–H groups in total. The number of carboxylic acid groups (broad SMARTS) is 1. The van der Waals surface area contributed by atoms with Crippen LogP contribution in [-0.2, 0) is 14.8 Å². The van der Waals surface area contributed by atoms with E-state index in [-0.39, 0.29) is 34.7 Å². The third-order valence-electron chi connectivity index (χ3n) is 5.44. The molecule has 40 heavy (non-hydrogen) atoms. The molecule has 0 radical (unpaired) electrons. The van der Waals surface area contributed by atoms with Gasteiger partial charge in [-0.15, -0.1) is 0 Å². The standard InChI is InChI=1S/C26H26F3N3O6S2/c1-38-22-11-10-19(18-8-5-9-20(14-18)31-25(35)30-12-13-39-26(27,28)29)15-23(22)40(36,37)32-21(16-24(33)34)17-6-3-2-4-7-17/h2-11,14-15,21,32H,12-13,16H2,1H3,(H,33,34)(H2,30,31,35). The van der Waals surface area contributed by atoms with Crippen LogP contribution in [0.1, 0.15) is 18.0 Å². The van der Waals surface area contributed by atoms with Gasteiger partial charge in [0.1, 0.15) is 10.6 Å². The molecule has 3 rings (SSSR count). The molecule has 0 aliphatic carbocycles. The quantitative estimate of drug-likeness (QED) is 0.210. The van der Waals surface area contributed by atoms with E-state index in [2.05, 4.69) is 15.4 Å². The monoisotopic (exact) mass is 597 g/mol. The molecular weight excluding hydrogens is 571 g/mol. The first-order valence-electron chi connectivity index (χ1n) is 11.7. The number of rotatable bonds is 12. The van der Waals surface area contributed by atoms with E-state index in [1.165, 1.54) is 19.2 Å². The van der Waals surface area contributed by atoms with Crippen LogP contribution < -0.4 is 20.1 Å². The van der Waals surface area contributed by atoms with E-state index in [1.807, 2.05) is 0 Å². The fourth-order valence-corrected chi connectivity index (χ4v) is 5.54. The molecule has 2 amide bonds. The Morgan fingerprint density at radius 1 is 1.00 bits per heavy atom. The van der Waals surface area contributed by atoms with Gasteiger partial charge < -0.3 is 20.5 Å². The van der Waals surface area contributed by atoms with Gasteiger partial charge >= 0.3 is 17.5 Å². The molecule has 0 bridgehead atoms. The number of alkyl halides is 3. The van der Waals surface area contributed by atoms with Gasteiger partial charge in [-0.1, -0.05) is 48.5 Å². The van der Waals surface area contributed by atoms with Gasteiger partial charge in [-0.3, -0.25) is 4.79 Å². The third-order valence-corrected chi connectivity index (χ3v) is 7.67. The molecule has 0 aliphatic heterocycles. The number of carbonyl (C=O) groups excluding carboxylic acids is 1. The zero-order valence-corrected chi connectivity index (χ0v) is 22.7. The predicted octanol–water partition coefficient (Wildman–Crippen LogP) is 5.23. The van der Waals surface area contributed by atoms with E-state index in [0.29, 0.717) is 22.4 Å². The van der Waals surface area contributed by atoms with Crippen LogP contribution in [0.5, 0.6) is 5.75 Å². The molecule has 14 heteroatoms. The summed E-state index contributed by atoms with van der Waals surface area (Å²) in [5.74, 6) is -1.50. The lowest BCUT2D eigenvalue weighted by atomic mass is 10.0. The molecule has 0 saturated heterocycles. The Morgan fingerprint density at radius 3 is 2.35 bits per heavy atom. The number of nitrogens with one attached hydrogen (secondary N) is 3. The van der Waals surface area contributed by atoms with Crippen molar-refractivity contribution in [2.75, 3.05) is 24.7 Å². The van der Waals surface area contributed by atoms with E-state index in [1.54, 1.807) is 60.7 Å². The number of benzene rings is 3. The van der Waals surface area contributed by atoms with E-state index in [4.69, 9.17) is 4.74 Å². The SMILES string of the molecule is COc1ccc(-c2cccc(NC(=O)NCCSC(F)(F)F)c2)cc1S(=O)(=O)NC(CC(=O)O)c1ccccc1. The number of carbonyl (C=O) groups is 2. The van der Waals surface area contributed by atoms with Crippen LogP contribution in [0.4, 0.5) is 23.7 Å². The molecule has 0 aromatic heterocycles. The minimum atomic E-state index is -4.38. The summed E-state index contributed by atoms with van der Waals surface area (Å²) in [4.78, 5) is 23.3. The van der Waals surface area contributed by atoms with Crippen molar-refractivity contribution in [3.63, 3.8) is 0 Å². The van der Waals surface area contributed by atoms with Crippen LogP contribution in [0.3, 0.4) is 0 Å². The molecule has 214 valence electrons. The summed E-state index contributed by atoms with van der Waals surface area (Å²) in [5, 5.41) is 14.2. The number of thioether (sulfide) groups is 1. The number of amides is 2. The summed E-state index contributed by atoms with van der Waals surface area (Å²) in [6, 6.07) is 17.4. The Balaban J connectivity index is 1.82. The van der Waals surface area contributed by atoms with Crippen molar-refractivity contribution in [3.8, 4) is 16.9 Å². The first-order valence-corrected chi connectivity index (χ1v) is 14.2. The maximum atomic E-state index is 13.4. The predicted molar refractivity (Wildman–Crippen MR) is 146 cm³/mol. The first-order chi connectivity index (χ1) is 18.9. The minimum Gasteiger partial charge on any atom is -0.495 e. The van der Waals surface area contributed by atoms with Gasteiger partial charge in [-0.25, -0.2) is 17.9 Å². The van der Waals surface area contributed by atoms with Crippen LogP contribution in [0.2, 0.25) is 0 Å². The second-order valence-corrected chi connectivity index (χ2v) is 11.1.